The molecule has 0 bridgehead atoms. The number of aliphatic hydroxyl groups excluding tert-OH is 1. The van der Waals surface area contributed by atoms with Gasteiger partial charge in [0.1, 0.15) is 5.69 Å². The summed E-state index contributed by atoms with van der Waals surface area (Å²) < 4.78 is 1.53. The maximum absolute atomic E-state index is 13.0. The molecule has 0 aromatic carbocycles. The van der Waals surface area contributed by atoms with Gasteiger partial charge in [0, 0.05) is 62.0 Å². The summed E-state index contributed by atoms with van der Waals surface area (Å²) in [6.45, 7) is 7.24. The van der Waals surface area contributed by atoms with Crippen LogP contribution in [0.25, 0.3) is 5.57 Å². The van der Waals surface area contributed by atoms with Crippen LogP contribution in [0.2, 0.25) is 0 Å². The number of aromatic nitrogens is 2. The zero-order valence-corrected chi connectivity index (χ0v) is 24.9. The van der Waals surface area contributed by atoms with Crippen LogP contribution < -0.4 is 32.6 Å². The molecule has 4 rings (SSSR count). The Balaban J connectivity index is 1.59. The second-order valence-electron chi connectivity index (χ2n) is 11.2. The van der Waals surface area contributed by atoms with Crippen molar-refractivity contribution in [3.8, 4) is 0 Å². The van der Waals surface area contributed by atoms with Crippen LogP contribution in [-0.2, 0) is 24.8 Å². The van der Waals surface area contributed by atoms with E-state index in [1.54, 1.807) is 36.7 Å². The second kappa shape index (κ2) is 13.8. The number of carbonyl (C=O) groups excluding carboxylic acids is 1. The minimum atomic E-state index is -0.166. The SMILES string of the molecule is Cn1cc(C(/C=C\N)=C(\CO)C/C=C/C2=C(NCCNC=O)CC(C)(C)C2)cc(Nc2nc3c(s2)CNCC3)c1=O. The predicted octanol–water partition coefficient (Wildman–Crippen LogP) is 2.81. The number of allylic oxidation sites excluding steroid dienone is 6. The Kier molecular flexibility index (Phi) is 10.2. The summed E-state index contributed by atoms with van der Waals surface area (Å²) in [4.78, 5) is 29.5. The smallest absolute Gasteiger partial charge is 0.274 e. The number of carbonyl (C=O) groups is 1. The summed E-state index contributed by atoms with van der Waals surface area (Å²) in [5, 5.41) is 23.8. The normalized spacial score (nSPS) is 17.2. The molecule has 41 heavy (non-hydrogen) atoms. The minimum Gasteiger partial charge on any atom is -0.405 e. The van der Waals surface area contributed by atoms with Crippen molar-refractivity contribution >= 4 is 34.1 Å². The van der Waals surface area contributed by atoms with Crippen LogP contribution in [0.1, 0.15) is 49.2 Å². The van der Waals surface area contributed by atoms with Crippen molar-refractivity contribution in [1.29, 1.82) is 0 Å². The average molecular weight is 580 g/mol. The molecule has 0 radical (unpaired) electrons. The molecule has 0 saturated carbocycles. The van der Waals surface area contributed by atoms with Gasteiger partial charge in [0.05, 0.1) is 12.3 Å². The molecular formula is C30H41N7O3S. The monoisotopic (exact) mass is 579 g/mol. The number of nitrogens with zero attached hydrogens (tertiary/aromatic N) is 2. The van der Waals surface area contributed by atoms with Gasteiger partial charge in [-0.3, -0.25) is 9.59 Å². The van der Waals surface area contributed by atoms with Crippen LogP contribution in [0.15, 0.2) is 58.3 Å². The van der Waals surface area contributed by atoms with Crippen molar-refractivity contribution < 1.29 is 9.90 Å². The Bertz CT molecular complexity index is 1410. The molecule has 1 aliphatic heterocycles. The molecule has 0 atom stereocenters. The number of anilines is 2. The van der Waals surface area contributed by atoms with E-state index in [9.17, 15) is 14.7 Å². The summed E-state index contributed by atoms with van der Waals surface area (Å²) in [6, 6.07) is 1.80. The van der Waals surface area contributed by atoms with Gasteiger partial charge < -0.3 is 36.7 Å². The van der Waals surface area contributed by atoms with E-state index in [2.05, 4.69) is 47.3 Å². The topological polar surface area (TPSA) is 146 Å². The minimum absolute atomic E-state index is 0.147. The first-order valence-corrected chi connectivity index (χ1v) is 14.7. The van der Waals surface area contributed by atoms with Crippen LogP contribution in [0.5, 0.6) is 0 Å². The summed E-state index contributed by atoms with van der Waals surface area (Å²) >= 11 is 1.55. The lowest BCUT2D eigenvalue weighted by Crippen LogP contribution is -2.26. The van der Waals surface area contributed by atoms with Crippen molar-refractivity contribution in [2.75, 3.05) is 31.6 Å². The van der Waals surface area contributed by atoms with E-state index in [4.69, 9.17) is 10.7 Å². The fraction of sp³-hybridized carbons (Fsp3) is 0.433. The molecule has 2 aromatic rings. The number of pyridine rings is 1. The Morgan fingerprint density at radius 2 is 2.15 bits per heavy atom. The highest BCUT2D eigenvalue weighted by atomic mass is 32.1. The third-order valence-electron chi connectivity index (χ3n) is 7.26. The molecule has 220 valence electrons. The number of amides is 1. The Labute approximate surface area is 245 Å². The van der Waals surface area contributed by atoms with Gasteiger partial charge in [-0.2, -0.15) is 0 Å². The van der Waals surface area contributed by atoms with Gasteiger partial charge in [0.2, 0.25) is 6.41 Å². The lowest BCUT2D eigenvalue weighted by atomic mass is 9.89. The van der Waals surface area contributed by atoms with E-state index in [1.807, 2.05) is 0 Å². The zero-order valence-electron chi connectivity index (χ0n) is 24.0. The second-order valence-corrected chi connectivity index (χ2v) is 12.2. The van der Waals surface area contributed by atoms with Gasteiger partial charge in [-0.15, -0.1) is 11.3 Å². The number of rotatable bonds is 13. The van der Waals surface area contributed by atoms with E-state index in [-0.39, 0.29) is 17.6 Å². The van der Waals surface area contributed by atoms with E-state index in [1.165, 1.54) is 26.9 Å². The Morgan fingerprint density at radius 3 is 2.88 bits per heavy atom. The third kappa shape index (κ3) is 7.75. The highest BCUT2D eigenvalue weighted by Crippen LogP contribution is 2.40. The first-order chi connectivity index (χ1) is 19.7. The molecule has 3 heterocycles. The summed E-state index contributed by atoms with van der Waals surface area (Å²) in [5.74, 6) is 0. The molecule has 0 spiro atoms. The first-order valence-electron chi connectivity index (χ1n) is 13.9. The molecule has 7 N–H and O–H groups in total. The number of fused-ring (bicyclic) bond motifs is 1. The molecule has 2 aromatic heterocycles. The van der Waals surface area contributed by atoms with Crippen molar-refractivity contribution in [3.05, 3.63) is 80.0 Å². The molecule has 0 fully saturated rings. The van der Waals surface area contributed by atoms with Gasteiger partial charge in [0.25, 0.3) is 5.56 Å². The van der Waals surface area contributed by atoms with E-state index >= 15 is 0 Å². The van der Waals surface area contributed by atoms with E-state index in [0.29, 0.717) is 36.7 Å². The fourth-order valence-electron chi connectivity index (χ4n) is 5.32. The number of hydrogen-bond acceptors (Lipinski definition) is 9. The molecule has 2 aliphatic rings. The lowest BCUT2D eigenvalue weighted by Gasteiger charge is -2.17. The number of hydrogen-bond donors (Lipinski definition) is 6. The summed E-state index contributed by atoms with van der Waals surface area (Å²) in [5.41, 5.74) is 12.0. The number of nitrogens with two attached hydrogens (primary N) is 1. The van der Waals surface area contributed by atoms with Crippen LogP contribution >= 0.6 is 11.3 Å². The molecule has 0 saturated heterocycles. The molecule has 1 amide bonds. The van der Waals surface area contributed by atoms with Gasteiger partial charge in [0.15, 0.2) is 5.13 Å². The van der Waals surface area contributed by atoms with Crippen LogP contribution in [0.3, 0.4) is 0 Å². The molecule has 0 unspecified atom stereocenters. The van der Waals surface area contributed by atoms with Crippen LogP contribution in [0, 0.1) is 5.41 Å². The highest BCUT2D eigenvalue weighted by molar-refractivity contribution is 7.15. The first kappa shape index (κ1) is 30.3. The maximum Gasteiger partial charge on any atom is 0.274 e. The summed E-state index contributed by atoms with van der Waals surface area (Å²) in [6.07, 6.45) is 13.1. The van der Waals surface area contributed by atoms with Gasteiger partial charge in [-0.05, 0) is 59.7 Å². The standard InChI is InChI=1S/C30H41N7O3S/c1-30(2)14-20(26(15-30)34-12-11-33-19-39)5-4-6-21(18-38)23(7-9-31)22-13-25(28(40)37(3)17-22)36-29-35-24-8-10-32-16-27(24)41-29/h4-5,7,9,13,17,19,32,34,38H,6,8,10-12,14-16,18,31H2,1-3H3,(H,33,39)(H,35,36)/b5-4+,9-7-,23-21-. The number of aliphatic hydroxyl groups is 1. The third-order valence-corrected chi connectivity index (χ3v) is 8.27. The van der Waals surface area contributed by atoms with Gasteiger partial charge in [-0.25, -0.2) is 4.98 Å². The molecule has 1 aliphatic carbocycles. The number of nitrogens with one attached hydrogen (secondary N) is 4. The quantitative estimate of drug-likeness (QED) is 0.121. The predicted molar refractivity (Wildman–Crippen MR) is 166 cm³/mol. The van der Waals surface area contributed by atoms with Crippen molar-refractivity contribution in [2.45, 2.75) is 46.1 Å². The van der Waals surface area contributed by atoms with Gasteiger partial charge >= 0.3 is 0 Å². The average Bonchev–Trinajstić information content (AvgIpc) is 3.49. The Morgan fingerprint density at radius 1 is 1.32 bits per heavy atom. The highest BCUT2D eigenvalue weighted by Gasteiger charge is 2.29. The van der Waals surface area contributed by atoms with Crippen molar-refractivity contribution in [1.82, 2.24) is 25.5 Å². The lowest BCUT2D eigenvalue weighted by molar-refractivity contribution is -0.109. The zero-order chi connectivity index (χ0) is 29.4. The van der Waals surface area contributed by atoms with Crippen molar-refractivity contribution in [3.63, 3.8) is 0 Å². The van der Waals surface area contributed by atoms with Crippen LogP contribution in [-0.4, -0.2) is 47.3 Å². The molecule has 11 heteroatoms. The van der Waals surface area contributed by atoms with E-state index < -0.39 is 0 Å². The number of thiazole rings is 1. The summed E-state index contributed by atoms with van der Waals surface area (Å²) in [7, 11) is 1.71. The fourth-order valence-corrected chi connectivity index (χ4v) is 6.31. The largest absolute Gasteiger partial charge is 0.405 e. The number of aryl methyl sites for hydroxylation is 1. The van der Waals surface area contributed by atoms with Crippen LogP contribution in [0.4, 0.5) is 10.8 Å². The molecule has 10 nitrogen and oxygen atoms in total. The van der Waals surface area contributed by atoms with Crippen molar-refractivity contribution in [2.24, 2.45) is 18.2 Å². The van der Waals surface area contributed by atoms with E-state index in [0.717, 1.165) is 54.8 Å². The van der Waals surface area contributed by atoms with Gasteiger partial charge in [-0.1, -0.05) is 26.0 Å². The Hall–Kier alpha value is -3.67. The maximum atomic E-state index is 13.0. The molecular weight excluding hydrogens is 538 g/mol.